The van der Waals surface area contributed by atoms with Gasteiger partial charge < -0.3 is 15.4 Å². The molecule has 0 radical (unpaired) electrons. The van der Waals surface area contributed by atoms with Crippen molar-refractivity contribution in [2.75, 3.05) is 13.2 Å². The fourth-order valence-electron chi connectivity index (χ4n) is 2.38. The first-order chi connectivity index (χ1) is 10.6. The Morgan fingerprint density at radius 2 is 2.04 bits per heavy atom. The molecule has 6 nitrogen and oxygen atoms in total. The molecule has 0 bridgehead atoms. The minimum absolute atomic E-state index is 0.0812. The number of rotatable bonds is 3. The molecule has 23 heavy (non-hydrogen) atoms. The molecule has 1 aliphatic rings. The van der Waals surface area contributed by atoms with Gasteiger partial charge in [0.15, 0.2) is 5.69 Å². The highest BCUT2D eigenvalue weighted by molar-refractivity contribution is 5.74. The van der Waals surface area contributed by atoms with Crippen molar-refractivity contribution in [2.24, 2.45) is 0 Å². The van der Waals surface area contributed by atoms with Crippen LogP contribution < -0.4 is 10.6 Å². The molecule has 0 fully saturated rings. The molecule has 9 heteroatoms. The fraction of sp³-hybridized carbons (Fsp3) is 0.714. The Kier molecular flexibility index (Phi) is 4.88. The third-order valence-electron chi connectivity index (χ3n) is 3.26. The van der Waals surface area contributed by atoms with E-state index in [1.165, 1.54) is 4.68 Å². The Morgan fingerprint density at radius 3 is 2.65 bits per heavy atom. The molecule has 0 saturated carbocycles. The van der Waals surface area contributed by atoms with Crippen molar-refractivity contribution in [3.8, 4) is 0 Å². The summed E-state index contributed by atoms with van der Waals surface area (Å²) in [7, 11) is 0. The largest absolute Gasteiger partial charge is 0.435 e. The van der Waals surface area contributed by atoms with Gasteiger partial charge in [0.05, 0.1) is 19.8 Å². The third kappa shape index (κ3) is 4.60. The number of carbonyl (C=O) groups is 1. The van der Waals surface area contributed by atoms with Gasteiger partial charge in [-0.2, -0.15) is 18.3 Å². The molecule has 2 rings (SSSR count). The minimum atomic E-state index is -4.51. The first kappa shape index (κ1) is 17.6. The fourth-order valence-corrected chi connectivity index (χ4v) is 2.38. The van der Waals surface area contributed by atoms with Crippen LogP contribution in [-0.2, 0) is 30.5 Å². The van der Waals surface area contributed by atoms with Crippen LogP contribution in [0.4, 0.5) is 18.0 Å². The maximum Gasteiger partial charge on any atom is 0.435 e. The number of nitrogens with zero attached hydrogens (tertiary/aromatic N) is 2. The van der Waals surface area contributed by atoms with Crippen molar-refractivity contribution in [3.63, 3.8) is 0 Å². The average molecular weight is 334 g/mol. The number of urea groups is 1. The van der Waals surface area contributed by atoms with Crippen LogP contribution in [-0.4, -0.2) is 34.5 Å². The highest BCUT2D eigenvalue weighted by Crippen LogP contribution is 2.34. The summed E-state index contributed by atoms with van der Waals surface area (Å²) >= 11 is 0. The van der Waals surface area contributed by atoms with Gasteiger partial charge in [-0.1, -0.05) is 0 Å². The van der Waals surface area contributed by atoms with Gasteiger partial charge in [-0.25, -0.2) is 4.79 Å². The van der Waals surface area contributed by atoms with Crippen LogP contribution in [0, 0.1) is 0 Å². The van der Waals surface area contributed by atoms with Crippen molar-refractivity contribution in [1.29, 1.82) is 0 Å². The first-order valence-corrected chi connectivity index (χ1v) is 7.37. The van der Waals surface area contributed by atoms with E-state index in [4.69, 9.17) is 4.74 Å². The second-order valence-electron chi connectivity index (χ2n) is 6.43. The van der Waals surface area contributed by atoms with Crippen LogP contribution in [0.5, 0.6) is 0 Å². The topological polar surface area (TPSA) is 68.2 Å². The number of nitrogens with one attached hydrogen (secondary N) is 2. The number of fused-ring (bicyclic) bond motifs is 1. The lowest BCUT2D eigenvalue weighted by Gasteiger charge is -2.21. The number of hydrogen-bond donors (Lipinski definition) is 2. The van der Waals surface area contributed by atoms with Gasteiger partial charge in [0.2, 0.25) is 0 Å². The predicted octanol–water partition coefficient (Wildman–Crippen LogP) is 2.07. The van der Waals surface area contributed by atoms with Crippen LogP contribution in [0.2, 0.25) is 0 Å². The van der Waals surface area contributed by atoms with E-state index in [1.807, 2.05) is 20.8 Å². The predicted molar refractivity (Wildman–Crippen MR) is 76.9 cm³/mol. The molecule has 130 valence electrons. The van der Waals surface area contributed by atoms with Crippen LogP contribution in [0.25, 0.3) is 0 Å². The van der Waals surface area contributed by atoms with Crippen molar-refractivity contribution < 1.29 is 22.7 Å². The second kappa shape index (κ2) is 6.38. The first-order valence-electron chi connectivity index (χ1n) is 7.37. The zero-order valence-corrected chi connectivity index (χ0v) is 13.4. The summed E-state index contributed by atoms with van der Waals surface area (Å²) < 4.78 is 45.5. The monoisotopic (exact) mass is 334 g/mol. The molecular weight excluding hydrogens is 313 g/mol. The van der Waals surface area contributed by atoms with E-state index >= 15 is 0 Å². The summed E-state index contributed by atoms with van der Waals surface area (Å²) in [4.78, 5) is 11.7. The van der Waals surface area contributed by atoms with E-state index in [0.29, 0.717) is 18.7 Å². The van der Waals surface area contributed by atoms with E-state index in [0.717, 1.165) is 0 Å². The maximum absolute atomic E-state index is 13.0. The van der Waals surface area contributed by atoms with E-state index in [2.05, 4.69) is 15.7 Å². The summed E-state index contributed by atoms with van der Waals surface area (Å²) in [6.45, 7) is 6.17. The van der Waals surface area contributed by atoms with E-state index in [9.17, 15) is 18.0 Å². The molecule has 2 heterocycles. The van der Waals surface area contributed by atoms with Gasteiger partial charge in [-0.15, -0.1) is 0 Å². The molecule has 0 aliphatic carbocycles. The zero-order valence-electron chi connectivity index (χ0n) is 13.4. The Morgan fingerprint density at radius 1 is 1.35 bits per heavy atom. The standard InChI is InChI=1S/C14H21F3N4O2/c1-13(2,3)19-12(22)18-5-6-21-10-4-7-23-8-9(10)11(20-21)14(15,16)17/h4-8H2,1-3H3,(H2,18,19,22). The molecule has 0 atom stereocenters. The Bertz CT molecular complexity index is 576. The highest BCUT2D eigenvalue weighted by Gasteiger charge is 2.39. The molecule has 0 saturated heterocycles. The molecule has 1 aromatic heterocycles. The van der Waals surface area contributed by atoms with E-state index < -0.39 is 11.9 Å². The number of carbonyl (C=O) groups excluding carboxylic acids is 1. The number of alkyl halides is 3. The smallest absolute Gasteiger partial charge is 0.376 e. The Hall–Kier alpha value is -1.77. The van der Waals surface area contributed by atoms with Gasteiger partial charge in [-0.3, -0.25) is 4.68 Å². The summed E-state index contributed by atoms with van der Waals surface area (Å²) in [5.74, 6) is 0. The summed E-state index contributed by atoms with van der Waals surface area (Å²) in [6, 6.07) is -0.363. The molecule has 2 N–H and O–H groups in total. The van der Waals surface area contributed by atoms with Crippen molar-refractivity contribution in [2.45, 2.75) is 52.1 Å². The van der Waals surface area contributed by atoms with Gasteiger partial charge in [0, 0.05) is 29.8 Å². The molecule has 0 unspecified atom stereocenters. The Balaban J connectivity index is 2.03. The molecule has 1 aliphatic heterocycles. The minimum Gasteiger partial charge on any atom is -0.376 e. The number of halogens is 3. The van der Waals surface area contributed by atoms with Gasteiger partial charge in [-0.05, 0) is 20.8 Å². The zero-order chi connectivity index (χ0) is 17.3. The second-order valence-corrected chi connectivity index (χ2v) is 6.43. The van der Waals surface area contributed by atoms with E-state index in [1.54, 1.807) is 0 Å². The van der Waals surface area contributed by atoms with Crippen molar-refractivity contribution >= 4 is 6.03 Å². The number of aromatic nitrogens is 2. The van der Waals surface area contributed by atoms with Crippen molar-refractivity contribution in [1.82, 2.24) is 20.4 Å². The lowest BCUT2D eigenvalue weighted by molar-refractivity contribution is -0.142. The molecular formula is C14H21F3N4O2. The quantitative estimate of drug-likeness (QED) is 0.889. The molecule has 2 amide bonds. The maximum atomic E-state index is 13.0. The summed E-state index contributed by atoms with van der Waals surface area (Å²) in [5, 5.41) is 9.01. The molecule has 0 spiro atoms. The van der Waals surface area contributed by atoms with Gasteiger partial charge in [0.1, 0.15) is 0 Å². The molecule has 0 aromatic carbocycles. The highest BCUT2D eigenvalue weighted by atomic mass is 19.4. The summed E-state index contributed by atoms with van der Waals surface area (Å²) in [5.41, 5.74) is -0.647. The van der Waals surface area contributed by atoms with Gasteiger partial charge >= 0.3 is 12.2 Å². The SMILES string of the molecule is CC(C)(C)NC(=O)NCCn1nc(C(F)(F)F)c2c1CCOC2. The van der Waals surface area contributed by atoms with Crippen LogP contribution in [0.15, 0.2) is 0 Å². The van der Waals surface area contributed by atoms with E-state index in [-0.39, 0.29) is 36.8 Å². The molecule has 1 aromatic rings. The lowest BCUT2D eigenvalue weighted by atomic mass is 10.1. The van der Waals surface area contributed by atoms with Crippen LogP contribution >= 0.6 is 0 Å². The average Bonchev–Trinajstić information content (AvgIpc) is 2.76. The van der Waals surface area contributed by atoms with Crippen molar-refractivity contribution in [3.05, 3.63) is 17.0 Å². The van der Waals surface area contributed by atoms with Gasteiger partial charge in [0.25, 0.3) is 0 Å². The Labute approximate surface area is 132 Å². The lowest BCUT2D eigenvalue weighted by Crippen LogP contribution is -2.47. The normalized spacial score (nSPS) is 15.2. The number of amides is 2. The van der Waals surface area contributed by atoms with Crippen LogP contribution in [0.3, 0.4) is 0 Å². The number of hydrogen-bond acceptors (Lipinski definition) is 3. The summed E-state index contributed by atoms with van der Waals surface area (Å²) in [6.07, 6.45) is -4.13. The van der Waals surface area contributed by atoms with Crippen LogP contribution in [0.1, 0.15) is 37.7 Å². The number of ether oxygens (including phenoxy) is 1. The third-order valence-corrected chi connectivity index (χ3v) is 3.26.